The van der Waals surface area contributed by atoms with Crippen molar-refractivity contribution in [1.29, 1.82) is 0 Å². The number of aromatic nitrogens is 4. The summed E-state index contributed by atoms with van der Waals surface area (Å²) in [6.07, 6.45) is 1.55. The molecule has 3 rings (SSSR count). The van der Waals surface area contributed by atoms with E-state index in [1.165, 1.54) is 0 Å². The molecule has 0 aliphatic heterocycles. The van der Waals surface area contributed by atoms with E-state index < -0.39 is 11.6 Å². The van der Waals surface area contributed by atoms with Gasteiger partial charge in [-0.25, -0.2) is 13.8 Å². The summed E-state index contributed by atoms with van der Waals surface area (Å²) < 4.78 is 26.9. The van der Waals surface area contributed by atoms with Gasteiger partial charge in [-0.1, -0.05) is 11.8 Å². The minimum Gasteiger partial charge on any atom is -0.357 e. The van der Waals surface area contributed by atoms with E-state index in [0.29, 0.717) is 22.0 Å². The van der Waals surface area contributed by atoms with Gasteiger partial charge in [0.2, 0.25) is 5.95 Å². The molecule has 1 aromatic carbocycles. The van der Waals surface area contributed by atoms with Crippen LogP contribution in [0.3, 0.4) is 0 Å². The van der Waals surface area contributed by atoms with E-state index in [4.69, 9.17) is 0 Å². The summed E-state index contributed by atoms with van der Waals surface area (Å²) in [4.78, 5) is 8.58. The highest BCUT2D eigenvalue weighted by Crippen LogP contribution is 2.33. The second-order valence-electron chi connectivity index (χ2n) is 3.91. The first-order chi connectivity index (χ1) is 9.67. The zero-order valence-electron chi connectivity index (χ0n) is 10.3. The number of halogens is 2. The molecule has 5 nitrogen and oxygen atoms in total. The molecular weight excluding hydrogens is 284 g/mol. The topological polar surface area (TPSA) is 66.5 Å². The third-order valence-corrected chi connectivity index (χ3v) is 3.64. The molecule has 0 amide bonds. The molecule has 0 atom stereocenters. The second-order valence-corrected chi connectivity index (χ2v) is 4.94. The Kier molecular flexibility index (Phi) is 3.23. The lowest BCUT2D eigenvalue weighted by Crippen LogP contribution is -1.98. The molecule has 0 radical (unpaired) electrons. The van der Waals surface area contributed by atoms with Gasteiger partial charge in [0.15, 0.2) is 5.65 Å². The predicted molar refractivity (Wildman–Crippen MR) is 71.7 cm³/mol. The molecule has 2 N–H and O–H groups in total. The van der Waals surface area contributed by atoms with E-state index in [-0.39, 0.29) is 4.90 Å². The minimum atomic E-state index is -0.502. The van der Waals surface area contributed by atoms with Gasteiger partial charge in [-0.3, -0.25) is 5.10 Å². The molecule has 0 aliphatic rings. The number of nitrogens with zero attached hydrogens (tertiary/aromatic N) is 3. The normalized spacial score (nSPS) is 10.9. The summed E-state index contributed by atoms with van der Waals surface area (Å²) >= 11 is 1.03. The fraction of sp³-hybridized carbons (Fsp3) is 0.0833. The Morgan fingerprint density at radius 2 is 2.10 bits per heavy atom. The van der Waals surface area contributed by atoms with Crippen LogP contribution in [0.25, 0.3) is 11.0 Å². The number of hydrogen-bond acceptors (Lipinski definition) is 5. The van der Waals surface area contributed by atoms with Crippen molar-refractivity contribution < 1.29 is 8.78 Å². The lowest BCUT2D eigenvalue weighted by Gasteiger charge is -2.05. The Morgan fingerprint density at radius 3 is 2.90 bits per heavy atom. The van der Waals surface area contributed by atoms with Crippen LogP contribution in [0.1, 0.15) is 0 Å². The molecule has 2 aromatic heterocycles. The summed E-state index contributed by atoms with van der Waals surface area (Å²) in [5.41, 5.74) is 0.531. The van der Waals surface area contributed by atoms with Crippen LogP contribution in [0.2, 0.25) is 0 Å². The Balaban J connectivity index is 2.09. The number of fused-ring (bicyclic) bond motifs is 1. The molecule has 20 heavy (non-hydrogen) atoms. The van der Waals surface area contributed by atoms with Gasteiger partial charge in [-0.15, -0.1) is 0 Å². The lowest BCUT2D eigenvalue weighted by atomic mass is 10.3. The molecule has 2 heterocycles. The molecule has 0 aliphatic carbocycles. The van der Waals surface area contributed by atoms with E-state index >= 15 is 0 Å². The van der Waals surface area contributed by atoms with E-state index in [1.807, 2.05) is 0 Å². The van der Waals surface area contributed by atoms with Crippen LogP contribution >= 0.6 is 11.8 Å². The Bertz CT molecular complexity index is 774. The highest BCUT2D eigenvalue weighted by Gasteiger charge is 2.13. The van der Waals surface area contributed by atoms with Crippen molar-refractivity contribution in [3.8, 4) is 0 Å². The summed E-state index contributed by atoms with van der Waals surface area (Å²) in [6, 6.07) is 3.29. The Labute approximate surface area is 116 Å². The molecule has 102 valence electrons. The zero-order chi connectivity index (χ0) is 14.1. The monoisotopic (exact) mass is 293 g/mol. The van der Waals surface area contributed by atoms with E-state index in [2.05, 4.69) is 25.5 Å². The maximum atomic E-state index is 13.7. The third kappa shape index (κ3) is 2.29. The van der Waals surface area contributed by atoms with E-state index in [0.717, 1.165) is 30.0 Å². The molecule has 0 bridgehead atoms. The number of H-pyrrole nitrogens is 1. The average molecular weight is 293 g/mol. The molecule has 0 unspecified atom stereocenters. The van der Waals surface area contributed by atoms with Gasteiger partial charge in [0.1, 0.15) is 16.7 Å². The SMILES string of the molecule is CNc1nc(Sc2cc(F)ccc2F)c2cn[nH]c2n1. The zero-order valence-corrected chi connectivity index (χ0v) is 11.1. The smallest absolute Gasteiger partial charge is 0.225 e. The fourth-order valence-electron chi connectivity index (χ4n) is 1.66. The van der Waals surface area contributed by atoms with Crippen molar-refractivity contribution in [2.24, 2.45) is 0 Å². The van der Waals surface area contributed by atoms with Crippen LogP contribution in [0, 0.1) is 11.6 Å². The van der Waals surface area contributed by atoms with Crippen LogP contribution < -0.4 is 5.32 Å². The molecular formula is C12H9F2N5S. The second kappa shape index (κ2) is 5.04. The van der Waals surface area contributed by atoms with Crippen LogP contribution in [-0.4, -0.2) is 27.2 Å². The van der Waals surface area contributed by atoms with Crippen molar-refractivity contribution in [2.75, 3.05) is 12.4 Å². The number of benzene rings is 1. The van der Waals surface area contributed by atoms with Gasteiger partial charge in [0.25, 0.3) is 0 Å². The van der Waals surface area contributed by atoms with Gasteiger partial charge in [0.05, 0.1) is 16.5 Å². The third-order valence-electron chi connectivity index (χ3n) is 2.60. The summed E-state index contributed by atoms with van der Waals surface area (Å²) in [5.74, 6) is -0.626. The van der Waals surface area contributed by atoms with Gasteiger partial charge in [-0.05, 0) is 18.2 Å². The van der Waals surface area contributed by atoms with E-state index in [1.54, 1.807) is 13.2 Å². The molecule has 0 spiro atoms. The quantitative estimate of drug-likeness (QED) is 0.727. The summed E-state index contributed by atoms with van der Waals surface area (Å²) in [6.45, 7) is 0. The van der Waals surface area contributed by atoms with E-state index in [9.17, 15) is 8.78 Å². The number of anilines is 1. The maximum absolute atomic E-state index is 13.7. The molecule has 0 saturated carbocycles. The van der Waals surface area contributed by atoms with Crippen molar-refractivity contribution in [3.63, 3.8) is 0 Å². The minimum absolute atomic E-state index is 0.160. The number of nitrogens with one attached hydrogen (secondary N) is 2. The number of hydrogen-bond donors (Lipinski definition) is 2. The Morgan fingerprint density at radius 1 is 1.25 bits per heavy atom. The summed E-state index contributed by atoms with van der Waals surface area (Å²) in [7, 11) is 1.68. The van der Waals surface area contributed by atoms with Crippen LogP contribution in [0.5, 0.6) is 0 Å². The van der Waals surface area contributed by atoms with Gasteiger partial charge in [-0.2, -0.15) is 10.1 Å². The predicted octanol–water partition coefficient (Wildman–Crippen LogP) is 2.82. The van der Waals surface area contributed by atoms with Crippen LogP contribution in [-0.2, 0) is 0 Å². The standard InChI is InChI=1S/C12H9F2N5S/c1-15-12-17-10-7(5-16-19-10)11(18-12)20-9-4-6(13)2-3-8(9)14/h2-5H,1H3,(H2,15,16,17,18,19). The molecule has 0 saturated heterocycles. The number of rotatable bonds is 3. The largest absolute Gasteiger partial charge is 0.357 e. The highest BCUT2D eigenvalue weighted by atomic mass is 32.2. The maximum Gasteiger partial charge on any atom is 0.225 e. The summed E-state index contributed by atoms with van der Waals surface area (Å²) in [5, 5.41) is 10.6. The molecule has 0 fully saturated rings. The molecule has 8 heteroatoms. The highest BCUT2D eigenvalue weighted by molar-refractivity contribution is 7.99. The fourth-order valence-corrected chi connectivity index (χ4v) is 2.59. The van der Waals surface area contributed by atoms with Gasteiger partial charge in [0, 0.05) is 7.05 Å². The van der Waals surface area contributed by atoms with Crippen LogP contribution in [0.4, 0.5) is 14.7 Å². The van der Waals surface area contributed by atoms with Gasteiger partial charge < -0.3 is 5.32 Å². The molecule has 3 aromatic rings. The van der Waals surface area contributed by atoms with Crippen molar-refractivity contribution in [2.45, 2.75) is 9.92 Å². The first kappa shape index (κ1) is 12.8. The first-order valence-corrected chi connectivity index (χ1v) is 6.51. The van der Waals surface area contributed by atoms with Crippen molar-refractivity contribution in [3.05, 3.63) is 36.0 Å². The first-order valence-electron chi connectivity index (χ1n) is 5.69. The number of aromatic amines is 1. The van der Waals surface area contributed by atoms with Crippen LogP contribution in [0.15, 0.2) is 34.3 Å². The lowest BCUT2D eigenvalue weighted by molar-refractivity contribution is 0.577. The average Bonchev–Trinajstić information content (AvgIpc) is 2.91. The van der Waals surface area contributed by atoms with Gasteiger partial charge >= 0.3 is 0 Å². The van der Waals surface area contributed by atoms with Crippen molar-refractivity contribution >= 4 is 28.7 Å². The van der Waals surface area contributed by atoms with Crippen molar-refractivity contribution in [1.82, 2.24) is 20.2 Å². The Hall–Kier alpha value is -2.22.